The van der Waals surface area contributed by atoms with Crippen molar-refractivity contribution in [3.05, 3.63) is 88.2 Å². The maximum atomic E-state index is 15.2. The maximum absolute atomic E-state index is 15.2. The van der Waals surface area contributed by atoms with Crippen LogP contribution < -0.4 is 10.6 Å². The van der Waals surface area contributed by atoms with Gasteiger partial charge < -0.3 is 10.1 Å². The molecule has 3 amide bonds. The minimum Gasteiger partial charge on any atom is -0.465 e. The van der Waals surface area contributed by atoms with Crippen molar-refractivity contribution in [3.63, 3.8) is 0 Å². The number of amides is 3. The number of rotatable bonds is 4. The van der Waals surface area contributed by atoms with Crippen LogP contribution in [-0.2, 0) is 15.7 Å². The number of urea groups is 1. The molecular formula is C27H18F4N4O5. The minimum atomic E-state index is -4.87. The van der Waals surface area contributed by atoms with Gasteiger partial charge >= 0.3 is 18.2 Å². The molecule has 2 N–H and O–H groups in total. The van der Waals surface area contributed by atoms with Gasteiger partial charge in [0.1, 0.15) is 17.6 Å². The van der Waals surface area contributed by atoms with Gasteiger partial charge in [-0.25, -0.2) is 14.0 Å². The van der Waals surface area contributed by atoms with E-state index in [4.69, 9.17) is 0 Å². The minimum absolute atomic E-state index is 0.0252. The molecule has 9 nitrogen and oxygen atoms in total. The number of hydrogen-bond acceptors (Lipinski definition) is 6. The van der Waals surface area contributed by atoms with Crippen molar-refractivity contribution >= 4 is 34.7 Å². The zero-order chi connectivity index (χ0) is 28.9. The van der Waals surface area contributed by atoms with Crippen molar-refractivity contribution in [3.8, 4) is 11.3 Å². The van der Waals surface area contributed by atoms with E-state index >= 15 is 4.39 Å². The third-order valence-corrected chi connectivity index (χ3v) is 6.44. The Balaban J connectivity index is 1.75. The van der Waals surface area contributed by atoms with Gasteiger partial charge in [0, 0.05) is 10.9 Å². The average Bonchev–Trinajstić information content (AvgIpc) is 3.45. The second-order valence-electron chi connectivity index (χ2n) is 8.92. The van der Waals surface area contributed by atoms with Crippen molar-refractivity contribution in [2.75, 3.05) is 7.11 Å². The maximum Gasteiger partial charge on any atom is 0.417 e. The van der Waals surface area contributed by atoms with Crippen LogP contribution in [0.1, 0.15) is 43.4 Å². The number of carbonyl (C=O) groups is 4. The summed E-state index contributed by atoms with van der Waals surface area (Å²) in [6, 6.07) is 8.94. The van der Waals surface area contributed by atoms with Crippen LogP contribution in [0.25, 0.3) is 22.2 Å². The van der Waals surface area contributed by atoms with Gasteiger partial charge in [0.25, 0.3) is 11.8 Å². The number of aromatic nitrogens is 2. The average molecular weight is 554 g/mol. The molecule has 13 heteroatoms. The molecule has 0 saturated carbocycles. The Labute approximate surface area is 222 Å². The van der Waals surface area contributed by atoms with Gasteiger partial charge in [-0.15, -0.1) is 0 Å². The lowest BCUT2D eigenvalue weighted by Gasteiger charge is -2.15. The summed E-state index contributed by atoms with van der Waals surface area (Å²) in [5.41, 5.74) is -2.01. The molecule has 40 heavy (non-hydrogen) atoms. The summed E-state index contributed by atoms with van der Waals surface area (Å²) in [6.45, 7) is 1.34. The molecule has 1 fully saturated rings. The monoisotopic (exact) mass is 554 g/mol. The van der Waals surface area contributed by atoms with Crippen molar-refractivity contribution in [2.45, 2.75) is 19.1 Å². The van der Waals surface area contributed by atoms with E-state index in [-0.39, 0.29) is 38.9 Å². The second-order valence-corrected chi connectivity index (χ2v) is 8.92. The van der Waals surface area contributed by atoms with E-state index in [2.05, 4.69) is 20.5 Å². The number of imide groups is 1. The number of esters is 1. The van der Waals surface area contributed by atoms with Crippen LogP contribution in [0.5, 0.6) is 0 Å². The first-order valence-corrected chi connectivity index (χ1v) is 11.6. The van der Waals surface area contributed by atoms with Crippen molar-refractivity contribution < 1.29 is 41.5 Å². The highest BCUT2D eigenvalue weighted by atomic mass is 19.4. The number of benzene rings is 3. The largest absolute Gasteiger partial charge is 0.465 e. The van der Waals surface area contributed by atoms with Crippen LogP contribution in [0.15, 0.2) is 54.6 Å². The van der Waals surface area contributed by atoms with Gasteiger partial charge in [0.05, 0.1) is 29.3 Å². The van der Waals surface area contributed by atoms with Gasteiger partial charge in [0.2, 0.25) is 0 Å². The molecule has 2 heterocycles. The first kappa shape index (κ1) is 26.5. The lowest BCUT2D eigenvalue weighted by Crippen LogP contribution is -2.22. The Kier molecular flexibility index (Phi) is 6.36. The number of aryl methyl sites for hydroxylation is 1. The summed E-state index contributed by atoms with van der Waals surface area (Å²) in [7, 11) is 1.13. The van der Waals surface area contributed by atoms with E-state index in [1.54, 1.807) is 0 Å². The summed E-state index contributed by atoms with van der Waals surface area (Å²) in [5, 5.41) is 8.86. The molecule has 1 unspecified atom stereocenters. The lowest BCUT2D eigenvalue weighted by molar-refractivity contribution is -0.138. The Morgan fingerprint density at radius 2 is 1.80 bits per heavy atom. The topological polar surface area (TPSA) is 119 Å². The SMILES string of the molecule is COC(=O)c1ccc(-c2nn(C(=O)c3c(C)cccc3C(F)(F)F)c3cc(C4NC(=O)NC4=O)ccc23)c(F)c1. The predicted octanol–water partition coefficient (Wildman–Crippen LogP) is 4.53. The highest BCUT2D eigenvalue weighted by Gasteiger charge is 2.37. The number of hydrogen-bond donors (Lipinski definition) is 2. The first-order chi connectivity index (χ1) is 18.9. The fraction of sp³-hybridized carbons (Fsp3) is 0.148. The van der Waals surface area contributed by atoms with Crippen molar-refractivity contribution in [1.82, 2.24) is 20.4 Å². The highest BCUT2D eigenvalue weighted by molar-refractivity contribution is 6.08. The van der Waals surface area contributed by atoms with Crippen LogP contribution in [0.3, 0.4) is 0 Å². The highest BCUT2D eigenvalue weighted by Crippen LogP contribution is 2.36. The van der Waals surface area contributed by atoms with E-state index in [1.165, 1.54) is 49.4 Å². The van der Waals surface area contributed by atoms with Crippen LogP contribution in [0.2, 0.25) is 0 Å². The predicted molar refractivity (Wildman–Crippen MR) is 132 cm³/mol. The van der Waals surface area contributed by atoms with Crippen LogP contribution in [-0.4, -0.2) is 40.7 Å². The zero-order valence-corrected chi connectivity index (χ0v) is 20.7. The molecule has 1 aliphatic rings. The Morgan fingerprint density at radius 1 is 1.05 bits per heavy atom. The normalized spacial score (nSPS) is 15.2. The number of alkyl halides is 3. The Hall–Kier alpha value is -5.07. The van der Waals surface area contributed by atoms with Gasteiger partial charge in [-0.1, -0.05) is 24.3 Å². The number of ether oxygens (including phenoxy) is 1. The molecule has 1 aromatic heterocycles. The Morgan fingerprint density at radius 3 is 2.42 bits per heavy atom. The summed E-state index contributed by atoms with van der Waals surface area (Å²) < 4.78 is 62.1. The molecule has 3 aromatic carbocycles. The number of nitrogens with one attached hydrogen (secondary N) is 2. The summed E-state index contributed by atoms with van der Waals surface area (Å²) in [6.07, 6.45) is -4.87. The van der Waals surface area contributed by atoms with E-state index in [1.807, 2.05) is 0 Å². The van der Waals surface area contributed by atoms with Gasteiger partial charge in [-0.2, -0.15) is 23.0 Å². The zero-order valence-electron chi connectivity index (χ0n) is 20.7. The number of fused-ring (bicyclic) bond motifs is 1. The first-order valence-electron chi connectivity index (χ1n) is 11.6. The molecule has 204 valence electrons. The van der Waals surface area contributed by atoms with Crippen molar-refractivity contribution in [2.24, 2.45) is 0 Å². The summed E-state index contributed by atoms with van der Waals surface area (Å²) in [5.74, 6) is -3.52. The number of nitrogens with zero attached hydrogens (tertiary/aromatic N) is 2. The van der Waals surface area contributed by atoms with Crippen LogP contribution in [0, 0.1) is 12.7 Å². The fourth-order valence-electron chi connectivity index (χ4n) is 4.56. The second kappa shape index (κ2) is 9.59. The fourth-order valence-corrected chi connectivity index (χ4v) is 4.56. The number of carbonyl (C=O) groups excluding carboxylic acids is 4. The summed E-state index contributed by atoms with van der Waals surface area (Å²) >= 11 is 0. The van der Waals surface area contributed by atoms with Gasteiger partial charge in [0.15, 0.2) is 0 Å². The standard InChI is InChI=1S/C27H18F4N4O5/c1-12-4-3-5-17(27(29,30)31)20(12)24(37)35-19-11-13(21-23(36)33-26(39)32-21)6-9-16(19)22(34-35)15-8-7-14(10-18(15)28)25(38)40-2/h3-11,21H,1-2H3,(H2,32,33,36,39). The number of halogens is 4. The van der Waals surface area contributed by atoms with E-state index in [9.17, 15) is 32.3 Å². The molecule has 0 spiro atoms. The number of methoxy groups -OCH3 is 1. The lowest BCUT2D eigenvalue weighted by atomic mass is 10.00. The van der Waals surface area contributed by atoms with Gasteiger partial charge in [-0.05, 0) is 48.4 Å². The third-order valence-electron chi connectivity index (χ3n) is 6.44. The Bertz CT molecular complexity index is 1750. The van der Waals surface area contributed by atoms with E-state index in [0.29, 0.717) is 4.68 Å². The van der Waals surface area contributed by atoms with Crippen molar-refractivity contribution in [1.29, 1.82) is 0 Å². The molecule has 0 aliphatic carbocycles. The third kappa shape index (κ3) is 4.44. The molecule has 1 aliphatic heterocycles. The van der Waals surface area contributed by atoms with Crippen LogP contribution in [0.4, 0.5) is 22.4 Å². The smallest absolute Gasteiger partial charge is 0.417 e. The molecule has 1 saturated heterocycles. The summed E-state index contributed by atoms with van der Waals surface area (Å²) in [4.78, 5) is 49.4. The van der Waals surface area contributed by atoms with E-state index < -0.39 is 53.0 Å². The van der Waals surface area contributed by atoms with Gasteiger partial charge in [-0.3, -0.25) is 14.9 Å². The molecule has 5 rings (SSSR count). The quantitative estimate of drug-likeness (QED) is 0.218. The molecule has 0 bridgehead atoms. The van der Waals surface area contributed by atoms with Crippen LogP contribution >= 0.6 is 0 Å². The van der Waals surface area contributed by atoms with E-state index in [0.717, 1.165) is 19.2 Å². The molecular weight excluding hydrogens is 536 g/mol. The molecule has 1 atom stereocenters. The molecule has 4 aromatic rings. The molecule has 0 radical (unpaired) electrons.